The highest BCUT2D eigenvalue weighted by Crippen LogP contribution is 2.30. The standard InChI is InChI=1S/C19H28N2O/c1-15-7-6-8-17(13-15)14-20-12-10-19-18(20)9-4-3-5-11-21(19)16(2)22/h6-8,13,18-19H,3-5,9-12,14H2,1-2H3/t18-,19+/m1/s1. The number of carbonyl (C=O) groups excluding carboxylic acids is 1. The quantitative estimate of drug-likeness (QED) is 0.836. The molecule has 0 aliphatic carbocycles. The maximum Gasteiger partial charge on any atom is 0.219 e. The van der Waals surface area contributed by atoms with Gasteiger partial charge in [0.2, 0.25) is 5.91 Å². The van der Waals surface area contributed by atoms with Crippen molar-refractivity contribution >= 4 is 5.91 Å². The Morgan fingerprint density at radius 2 is 2.00 bits per heavy atom. The first-order chi connectivity index (χ1) is 10.6. The number of likely N-dealkylation sites (tertiary alicyclic amines) is 2. The molecule has 3 nitrogen and oxygen atoms in total. The molecular formula is C19H28N2O. The fourth-order valence-corrected chi connectivity index (χ4v) is 4.25. The van der Waals surface area contributed by atoms with Crippen LogP contribution in [0.3, 0.4) is 0 Å². The molecule has 1 aromatic carbocycles. The molecule has 2 saturated heterocycles. The highest BCUT2D eigenvalue weighted by molar-refractivity contribution is 5.73. The highest BCUT2D eigenvalue weighted by atomic mass is 16.2. The Hall–Kier alpha value is -1.35. The third kappa shape index (κ3) is 3.35. The molecule has 120 valence electrons. The molecule has 0 bridgehead atoms. The fourth-order valence-electron chi connectivity index (χ4n) is 4.25. The van der Waals surface area contributed by atoms with Gasteiger partial charge >= 0.3 is 0 Å². The lowest BCUT2D eigenvalue weighted by Crippen LogP contribution is -2.48. The van der Waals surface area contributed by atoms with Crippen LogP contribution in [0, 0.1) is 6.92 Å². The van der Waals surface area contributed by atoms with E-state index in [1.54, 1.807) is 6.92 Å². The zero-order valence-electron chi connectivity index (χ0n) is 13.9. The third-order valence-electron chi connectivity index (χ3n) is 5.30. The maximum atomic E-state index is 12.0. The van der Waals surface area contributed by atoms with Crippen LogP contribution in [0.1, 0.15) is 50.2 Å². The van der Waals surface area contributed by atoms with E-state index in [1.165, 1.54) is 36.8 Å². The largest absolute Gasteiger partial charge is 0.338 e. The van der Waals surface area contributed by atoms with Gasteiger partial charge in [0.25, 0.3) is 0 Å². The van der Waals surface area contributed by atoms with Crippen molar-refractivity contribution in [3.05, 3.63) is 35.4 Å². The number of benzene rings is 1. The van der Waals surface area contributed by atoms with Crippen molar-refractivity contribution in [2.45, 2.75) is 64.6 Å². The average Bonchev–Trinajstić information content (AvgIpc) is 2.80. The summed E-state index contributed by atoms with van der Waals surface area (Å²) in [6.45, 7) is 6.99. The van der Waals surface area contributed by atoms with Crippen molar-refractivity contribution in [3.8, 4) is 0 Å². The van der Waals surface area contributed by atoms with Gasteiger partial charge in [-0.3, -0.25) is 9.69 Å². The number of fused-ring (bicyclic) bond motifs is 1. The zero-order chi connectivity index (χ0) is 15.5. The first-order valence-electron chi connectivity index (χ1n) is 8.72. The summed E-state index contributed by atoms with van der Waals surface area (Å²) in [5.41, 5.74) is 2.73. The van der Waals surface area contributed by atoms with Crippen LogP contribution >= 0.6 is 0 Å². The summed E-state index contributed by atoms with van der Waals surface area (Å²) in [5.74, 6) is 0.259. The molecule has 3 rings (SSSR count). The van der Waals surface area contributed by atoms with E-state index in [9.17, 15) is 4.79 Å². The van der Waals surface area contributed by atoms with Gasteiger partial charge in [-0.2, -0.15) is 0 Å². The van der Waals surface area contributed by atoms with Crippen molar-refractivity contribution in [1.82, 2.24) is 9.80 Å². The molecular weight excluding hydrogens is 272 g/mol. The summed E-state index contributed by atoms with van der Waals surface area (Å²) in [7, 11) is 0. The van der Waals surface area contributed by atoms with Crippen LogP contribution in [0.2, 0.25) is 0 Å². The highest BCUT2D eigenvalue weighted by Gasteiger charge is 2.38. The molecule has 2 fully saturated rings. The van der Waals surface area contributed by atoms with Crippen molar-refractivity contribution in [3.63, 3.8) is 0 Å². The summed E-state index contributed by atoms with van der Waals surface area (Å²) >= 11 is 0. The van der Waals surface area contributed by atoms with Gasteiger partial charge in [-0.25, -0.2) is 0 Å². The predicted molar refractivity (Wildman–Crippen MR) is 89.6 cm³/mol. The lowest BCUT2D eigenvalue weighted by molar-refractivity contribution is -0.132. The second kappa shape index (κ2) is 6.82. The van der Waals surface area contributed by atoms with Crippen LogP contribution < -0.4 is 0 Å². The number of aryl methyl sites for hydroxylation is 1. The summed E-state index contributed by atoms with van der Waals surface area (Å²) in [4.78, 5) is 16.8. The molecule has 0 aromatic heterocycles. The van der Waals surface area contributed by atoms with E-state index in [-0.39, 0.29) is 5.91 Å². The topological polar surface area (TPSA) is 23.6 Å². The Morgan fingerprint density at radius 1 is 1.14 bits per heavy atom. The monoisotopic (exact) mass is 300 g/mol. The normalized spacial score (nSPS) is 26.4. The molecule has 1 aromatic rings. The van der Waals surface area contributed by atoms with E-state index in [2.05, 4.69) is 41.0 Å². The fraction of sp³-hybridized carbons (Fsp3) is 0.632. The van der Waals surface area contributed by atoms with Gasteiger partial charge < -0.3 is 4.90 Å². The Morgan fingerprint density at radius 3 is 2.77 bits per heavy atom. The Kier molecular flexibility index (Phi) is 4.82. The first-order valence-corrected chi connectivity index (χ1v) is 8.72. The Bertz CT molecular complexity index is 528. The molecule has 0 N–H and O–H groups in total. The number of hydrogen-bond donors (Lipinski definition) is 0. The lowest BCUT2D eigenvalue weighted by Gasteiger charge is -2.37. The molecule has 0 unspecified atom stereocenters. The van der Waals surface area contributed by atoms with Gasteiger partial charge in [0.15, 0.2) is 0 Å². The second-order valence-electron chi connectivity index (χ2n) is 6.94. The summed E-state index contributed by atoms with van der Waals surface area (Å²) in [6.07, 6.45) is 6.10. The number of nitrogens with zero attached hydrogens (tertiary/aromatic N) is 2. The SMILES string of the molecule is CC(=O)N1CCCCC[C@@H]2[C@@H]1CCN2Cc1cccc(C)c1. The van der Waals surface area contributed by atoms with Crippen LogP contribution in [-0.4, -0.2) is 40.9 Å². The summed E-state index contributed by atoms with van der Waals surface area (Å²) < 4.78 is 0. The van der Waals surface area contributed by atoms with Crippen LogP contribution in [-0.2, 0) is 11.3 Å². The minimum Gasteiger partial charge on any atom is -0.338 e. The Balaban J connectivity index is 1.75. The van der Waals surface area contributed by atoms with Gasteiger partial charge in [0.05, 0.1) is 0 Å². The smallest absolute Gasteiger partial charge is 0.219 e. The molecule has 2 aliphatic rings. The number of rotatable bonds is 2. The van der Waals surface area contributed by atoms with Crippen molar-refractivity contribution in [1.29, 1.82) is 0 Å². The van der Waals surface area contributed by atoms with Crippen molar-refractivity contribution < 1.29 is 4.79 Å². The minimum atomic E-state index is 0.259. The predicted octanol–water partition coefficient (Wildman–Crippen LogP) is 3.36. The molecule has 1 amide bonds. The first kappa shape index (κ1) is 15.5. The van der Waals surface area contributed by atoms with Gasteiger partial charge in [-0.1, -0.05) is 42.7 Å². The molecule has 22 heavy (non-hydrogen) atoms. The molecule has 2 heterocycles. The van der Waals surface area contributed by atoms with Crippen LogP contribution in [0.15, 0.2) is 24.3 Å². The average molecular weight is 300 g/mol. The second-order valence-corrected chi connectivity index (χ2v) is 6.94. The number of carbonyl (C=O) groups is 1. The molecule has 2 aliphatic heterocycles. The molecule has 2 atom stereocenters. The van der Waals surface area contributed by atoms with E-state index < -0.39 is 0 Å². The van der Waals surface area contributed by atoms with E-state index in [1.807, 2.05) is 0 Å². The molecule has 0 radical (unpaired) electrons. The van der Waals surface area contributed by atoms with Crippen molar-refractivity contribution in [2.75, 3.05) is 13.1 Å². The number of amides is 1. The van der Waals surface area contributed by atoms with Crippen LogP contribution in [0.25, 0.3) is 0 Å². The van der Waals surface area contributed by atoms with Gasteiger partial charge in [-0.05, 0) is 31.7 Å². The van der Waals surface area contributed by atoms with E-state index in [0.717, 1.165) is 26.1 Å². The molecule has 3 heteroatoms. The van der Waals surface area contributed by atoms with Crippen molar-refractivity contribution in [2.24, 2.45) is 0 Å². The van der Waals surface area contributed by atoms with Gasteiger partial charge in [0.1, 0.15) is 0 Å². The Labute approximate surface area is 134 Å². The minimum absolute atomic E-state index is 0.259. The van der Waals surface area contributed by atoms with E-state index >= 15 is 0 Å². The van der Waals surface area contributed by atoms with Crippen LogP contribution in [0.5, 0.6) is 0 Å². The van der Waals surface area contributed by atoms with E-state index in [0.29, 0.717) is 12.1 Å². The van der Waals surface area contributed by atoms with E-state index in [4.69, 9.17) is 0 Å². The molecule has 0 spiro atoms. The maximum absolute atomic E-state index is 12.0. The van der Waals surface area contributed by atoms with Gasteiger partial charge in [-0.15, -0.1) is 0 Å². The third-order valence-corrected chi connectivity index (χ3v) is 5.30. The van der Waals surface area contributed by atoms with Gasteiger partial charge in [0, 0.05) is 38.6 Å². The van der Waals surface area contributed by atoms with Crippen LogP contribution in [0.4, 0.5) is 0 Å². The summed E-state index contributed by atoms with van der Waals surface area (Å²) in [6, 6.07) is 9.81. The zero-order valence-corrected chi connectivity index (χ0v) is 13.9. The lowest BCUT2D eigenvalue weighted by atomic mass is 9.97. The number of hydrogen-bond acceptors (Lipinski definition) is 2. The molecule has 0 saturated carbocycles. The summed E-state index contributed by atoms with van der Waals surface area (Å²) in [5, 5.41) is 0.